The Bertz CT molecular complexity index is 458. The van der Waals surface area contributed by atoms with E-state index in [1.807, 2.05) is 18.2 Å². The lowest BCUT2D eigenvalue weighted by Crippen LogP contribution is -2.02. The molecule has 0 radical (unpaired) electrons. The Morgan fingerprint density at radius 1 is 1.44 bits per heavy atom. The van der Waals surface area contributed by atoms with Gasteiger partial charge in [0, 0.05) is 4.90 Å². The van der Waals surface area contributed by atoms with E-state index < -0.39 is 0 Å². The number of aromatic nitrogens is 3. The second kappa shape index (κ2) is 5.34. The molecule has 0 bridgehead atoms. The number of nitrogens with one attached hydrogen (secondary N) is 1. The number of aromatic amines is 1. The van der Waals surface area contributed by atoms with Gasteiger partial charge in [0.05, 0.1) is 5.02 Å². The Kier molecular flexibility index (Phi) is 3.82. The Morgan fingerprint density at radius 2 is 2.31 bits per heavy atom. The summed E-state index contributed by atoms with van der Waals surface area (Å²) in [6.07, 6.45) is 2.31. The first-order valence-electron chi connectivity index (χ1n) is 4.81. The van der Waals surface area contributed by atoms with Gasteiger partial charge in [0.1, 0.15) is 6.33 Å². The second-order valence-electron chi connectivity index (χ2n) is 3.20. The number of H-pyrrole nitrogens is 1. The van der Waals surface area contributed by atoms with E-state index in [-0.39, 0.29) is 0 Å². The number of rotatable bonds is 4. The quantitative estimate of drug-likeness (QED) is 0.877. The largest absolute Gasteiger partial charge is 0.330 e. The minimum atomic E-state index is 0.630. The minimum Gasteiger partial charge on any atom is -0.330 e. The molecule has 1 aromatic carbocycles. The van der Waals surface area contributed by atoms with Crippen molar-refractivity contribution in [1.29, 1.82) is 0 Å². The molecule has 0 saturated heterocycles. The van der Waals surface area contributed by atoms with Gasteiger partial charge in [-0.3, -0.25) is 5.10 Å². The van der Waals surface area contributed by atoms with Gasteiger partial charge in [0.15, 0.2) is 5.16 Å². The fraction of sp³-hybridized carbons (Fsp3) is 0.200. The Labute approximate surface area is 103 Å². The highest BCUT2D eigenvalue weighted by atomic mass is 35.5. The summed E-state index contributed by atoms with van der Waals surface area (Å²) in [5.74, 6) is 0. The number of nitrogens with zero attached hydrogens (tertiary/aromatic N) is 2. The van der Waals surface area contributed by atoms with Crippen molar-refractivity contribution in [3.8, 4) is 0 Å². The number of halogens is 1. The van der Waals surface area contributed by atoms with Crippen LogP contribution in [0.25, 0.3) is 0 Å². The highest BCUT2D eigenvalue weighted by molar-refractivity contribution is 7.99. The van der Waals surface area contributed by atoms with Crippen LogP contribution in [-0.4, -0.2) is 21.7 Å². The van der Waals surface area contributed by atoms with Gasteiger partial charge in [0.25, 0.3) is 0 Å². The summed E-state index contributed by atoms with van der Waals surface area (Å²) in [5.41, 5.74) is 6.63. The molecule has 0 saturated carbocycles. The van der Waals surface area contributed by atoms with E-state index in [1.165, 1.54) is 18.1 Å². The van der Waals surface area contributed by atoms with Crippen molar-refractivity contribution in [2.75, 3.05) is 6.54 Å². The molecular weight excluding hydrogens is 244 g/mol. The highest BCUT2D eigenvalue weighted by Crippen LogP contribution is 2.31. The van der Waals surface area contributed by atoms with Gasteiger partial charge < -0.3 is 5.73 Å². The molecule has 2 rings (SSSR count). The molecule has 0 atom stereocenters. The molecular formula is C10H11ClN4S. The van der Waals surface area contributed by atoms with Gasteiger partial charge in [-0.1, -0.05) is 17.7 Å². The molecule has 0 spiro atoms. The van der Waals surface area contributed by atoms with Crippen molar-refractivity contribution in [1.82, 2.24) is 15.2 Å². The van der Waals surface area contributed by atoms with Crippen molar-refractivity contribution in [3.63, 3.8) is 0 Å². The lowest BCUT2D eigenvalue weighted by Gasteiger charge is -2.04. The van der Waals surface area contributed by atoms with Crippen LogP contribution in [0.5, 0.6) is 0 Å². The SMILES string of the molecule is NCCc1ccc(Sc2ncn[nH]2)c(Cl)c1. The van der Waals surface area contributed by atoms with E-state index in [9.17, 15) is 0 Å². The first-order valence-corrected chi connectivity index (χ1v) is 6.01. The van der Waals surface area contributed by atoms with Crippen molar-refractivity contribution < 1.29 is 0 Å². The molecule has 0 aliphatic heterocycles. The van der Waals surface area contributed by atoms with Crippen LogP contribution in [0.1, 0.15) is 5.56 Å². The summed E-state index contributed by atoms with van der Waals surface area (Å²) in [6, 6.07) is 5.94. The van der Waals surface area contributed by atoms with Crippen LogP contribution in [0.2, 0.25) is 5.02 Å². The molecule has 16 heavy (non-hydrogen) atoms. The molecule has 6 heteroatoms. The first-order chi connectivity index (χ1) is 7.79. The molecule has 0 aliphatic carbocycles. The topological polar surface area (TPSA) is 67.6 Å². The molecule has 0 aliphatic rings. The molecule has 1 heterocycles. The summed E-state index contributed by atoms with van der Waals surface area (Å²) in [5, 5.41) is 8.00. The molecule has 0 unspecified atom stereocenters. The highest BCUT2D eigenvalue weighted by Gasteiger charge is 2.05. The van der Waals surface area contributed by atoms with E-state index in [0.717, 1.165) is 22.0 Å². The van der Waals surface area contributed by atoms with Crippen molar-refractivity contribution in [3.05, 3.63) is 35.1 Å². The maximum atomic E-state index is 6.16. The predicted molar refractivity (Wildman–Crippen MR) is 64.7 cm³/mol. The lowest BCUT2D eigenvalue weighted by atomic mass is 10.1. The van der Waals surface area contributed by atoms with E-state index in [2.05, 4.69) is 15.2 Å². The maximum absolute atomic E-state index is 6.16. The molecule has 3 N–H and O–H groups in total. The van der Waals surface area contributed by atoms with E-state index >= 15 is 0 Å². The number of hydrogen-bond acceptors (Lipinski definition) is 4. The van der Waals surface area contributed by atoms with Gasteiger partial charge >= 0.3 is 0 Å². The van der Waals surface area contributed by atoms with Crippen LogP contribution in [-0.2, 0) is 6.42 Å². The predicted octanol–water partition coefficient (Wildman–Crippen LogP) is 2.11. The van der Waals surface area contributed by atoms with Crippen molar-refractivity contribution in [2.24, 2.45) is 5.73 Å². The molecule has 0 amide bonds. The van der Waals surface area contributed by atoms with Crippen LogP contribution in [0.15, 0.2) is 34.6 Å². The number of benzene rings is 1. The third-order valence-corrected chi connectivity index (χ3v) is 3.42. The van der Waals surface area contributed by atoms with Gasteiger partial charge in [-0.05, 0) is 42.4 Å². The smallest absolute Gasteiger partial charge is 0.188 e. The zero-order valence-electron chi connectivity index (χ0n) is 8.48. The average Bonchev–Trinajstić information content (AvgIpc) is 2.75. The Morgan fingerprint density at radius 3 is 2.94 bits per heavy atom. The number of hydrogen-bond donors (Lipinski definition) is 2. The molecule has 1 aromatic heterocycles. The molecule has 2 aromatic rings. The Balaban J connectivity index is 2.16. The zero-order chi connectivity index (χ0) is 11.4. The minimum absolute atomic E-state index is 0.630. The lowest BCUT2D eigenvalue weighted by molar-refractivity contribution is 0.963. The average molecular weight is 255 g/mol. The third kappa shape index (κ3) is 2.75. The fourth-order valence-electron chi connectivity index (χ4n) is 1.30. The van der Waals surface area contributed by atoms with Gasteiger partial charge in [-0.15, -0.1) is 0 Å². The van der Waals surface area contributed by atoms with Gasteiger partial charge in [-0.25, -0.2) is 4.98 Å². The summed E-state index contributed by atoms with van der Waals surface area (Å²) in [4.78, 5) is 4.99. The summed E-state index contributed by atoms with van der Waals surface area (Å²) < 4.78 is 0. The Hall–Kier alpha value is -1.04. The summed E-state index contributed by atoms with van der Waals surface area (Å²) in [6.45, 7) is 0.630. The van der Waals surface area contributed by atoms with Crippen LogP contribution in [0, 0.1) is 0 Å². The van der Waals surface area contributed by atoms with E-state index in [0.29, 0.717) is 11.6 Å². The van der Waals surface area contributed by atoms with Crippen LogP contribution < -0.4 is 5.73 Å². The van der Waals surface area contributed by atoms with Gasteiger partial charge in [0.2, 0.25) is 0 Å². The maximum Gasteiger partial charge on any atom is 0.188 e. The zero-order valence-corrected chi connectivity index (χ0v) is 10.1. The normalized spacial score (nSPS) is 10.6. The molecule has 0 fully saturated rings. The van der Waals surface area contributed by atoms with Crippen LogP contribution in [0.4, 0.5) is 0 Å². The third-order valence-electron chi connectivity index (χ3n) is 2.03. The number of nitrogens with two attached hydrogens (primary N) is 1. The summed E-state index contributed by atoms with van der Waals surface area (Å²) >= 11 is 7.61. The molecule has 4 nitrogen and oxygen atoms in total. The fourth-order valence-corrected chi connectivity index (χ4v) is 2.31. The van der Waals surface area contributed by atoms with E-state index in [1.54, 1.807) is 0 Å². The van der Waals surface area contributed by atoms with Crippen LogP contribution in [0.3, 0.4) is 0 Å². The van der Waals surface area contributed by atoms with Crippen molar-refractivity contribution >= 4 is 23.4 Å². The molecule has 84 valence electrons. The van der Waals surface area contributed by atoms with Gasteiger partial charge in [-0.2, -0.15) is 5.10 Å². The van der Waals surface area contributed by atoms with Crippen LogP contribution >= 0.6 is 23.4 Å². The standard InChI is InChI=1S/C10H11ClN4S/c11-8-5-7(3-4-12)1-2-9(8)16-10-13-6-14-15-10/h1-2,5-6H,3-4,12H2,(H,13,14,15). The van der Waals surface area contributed by atoms with E-state index in [4.69, 9.17) is 17.3 Å². The van der Waals surface area contributed by atoms with Crippen molar-refractivity contribution in [2.45, 2.75) is 16.5 Å². The second-order valence-corrected chi connectivity index (χ2v) is 4.63. The summed E-state index contributed by atoms with van der Waals surface area (Å²) in [7, 11) is 0. The monoisotopic (exact) mass is 254 g/mol. The first kappa shape index (κ1) is 11.4.